The number of hydrogen-bond acceptors (Lipinski definition) is 7. The molecule has 1 N–H and O–H groups in total. The van der Waals surface area contributed by atoms with Crippen LogP contribution in [0.15, 0.2) is 29.0 Å². The lowest BCUT2D eigenvalue weighted by atomic mass is 10.2. The van der Waals surface area contributed by atoms with E-state index in [4.69, 9.17) is 14.3 Å². The van der Waals surface area contributed by atoms with Crippen molar-refractivity contribution >= 4 is 17.8 Å². The van der Waals surface area contributed by atoms with Crippen molar-refractivity contribution in [2.24, 2.45) is 0 Å². The highest BCUT2D eigenvalue weighted by molar-refractivity contribution is 5.95. The zero-order valence-corrected chi connectivity index (χ0v) is 13.0. The van der Waals surface area contributed by atoms with E-state index < -0.39 is 5.97 Å². The molecule has 2 aromatic rings. The number of aromatic carboxylic acids is 1. The van der Waals surface area contributed by atoms with Gasteiger partial charge in [-0.2, -0.15) is 4.98 Å². The second kappa shape index (κ2) is 6.57. The number of amides is 1. The molecule has 0 aromatic carbocycles. The van der Waals surface area contributed by atoms with Crippen LogP contribution >= 0.6 is 0 Å². The predicted molar refractivity (Wildman–Crippen MR) is 82.4 cm³/mol. The lowest BCUT2D eigenvalue weighted by Crippen LogP contribution is -2.49. The number of carboxylic acid groups (broad SMARTS) is 1. The van der Waals surface area contributed by atoms with E-state index in [0.717, 1.165) is 6.26 Å². The van der Waals surface area contributed by atoms with Crippen molar-refractivity contribution in [3.63, 3.8) is 0 Å². The fraction of sp³-hybridized carbons (Fsp3) is 0.333. The van der Waals surface area contributed by atoms with Crippen LogP contribution in [-0.2, 0) is 0 Å². The van der Waals surface area contributed by atoms with E-state index in [2.05, 4.69) is 9.97 Å². The molecule has 0 radical (unpaired) electrons. The molecular weight excluding hydrogens is 316 g/mol. The summed E-state index contributed by atoms with van der Waals surface area (Å²) in [5.74, 6) is -0.395. The molecule has 9 heteroatoms. The molecule has 9 nitrogen and oxygen atoms in total. The fourth-order valence-corrected chi connectivity index (χ4v) is 2.42. The van der Waals surface area contributed by atoms with Gasteiger partial charge < -0.3 is 24.1 Å². The number of carbonyl (C=O) groups excluding carboxylic acids is 1. The number of methoxy groups -OCH3 is 1. The van der Waals surface area contributed by atoms with E-state index in [9.17, 15) is 9.59 Å². The zero-order chi connectivity index (χ0) is 17.1. The van der Waals surface area contributed by atoms with Gasteiger partial charge in [0.1, 0.15) is 6.26 Å². The molecule has 0 bridgehead atoms. The van der Waals surface area contributed by atoms with E-state index in [1.165, 1.54) is 13.2 Å². The maximum Gasteiger partial charge on any atom is 0.338 e. The van der Waals surface area contributed by atoms with Gasteiger partial charge in [0.25, 0.3) is 5.91 Å². The van der Waals surface area contributed by atoms with E-state index in [-0.39, 0.29) is 17.2 Å². The van der Waals surface area contributed by atoms with Crippen molar-refractivity contribution in [1.29, 1.82) is 0 Å². The third-order valence-corrected chi connectivity index (χ3v) is 3.73. The molecule has 0 saturated carbocycles. The third kappa shape index (κ3) is 3.14. The van der Waals surface area contributed by atoms with Crippen LogP contribution in [0.25, 0.3) is 0 Å². The molecular formula is C15H16N4O5. The van der Waals surface area contributed by atoms with Crippen molar-refractivity contribution in [2.75, 3.05) is 38.2 Å². The van der Waals surface area contributed by atoms with Crippen LogP contribution in [0, 0.1) is 0 Å². The highest BCUT2D eigenvalue weighted by Gasteiger charge is 2.26. The number of rotatable bonds is 4. The summed E-state index contributed by atoms with van der Waals surface area (Å²) in [6, 6.07) is 2.91. The van der Waals surface area contributed by atoms with E-state index in [0.29, 0.717) is 38.0 Å². The van der Waals surface area contributed by atoms with Gasteiger partial charge in [0.15, 0.2) is 5.76 Å². The van der Waals surface area contributed by atoms with Gasteiger partial charge in [0.2, 0.25) is 11.8 Å². The highest BCUT2D eigenvalue weighted by Crippen LogP contribution is 2.17. The van der Waals surface area contributed by atoms with Crippen molar-refractivity contribution in [3.8, 4) is 5.88 Å². The minimum absolute atomic E-state index is 0.0264. The van der Waals surface area contributed by atoms with Crippen LogP contribution in [0.1, 0.15) is 20.9 Å². The van der Waals surface area contributed by atoms with Gasteiger partial charge in [-0.15, -0.1) is 0 Å². The zero-order valence-electron chi connectivity index (χ0n) is 13.0. The maximum absolute atomic E-state index is 12.3. The molecule has 3 rings (SSSR count). The van der Waals surface area contributed by atoms with Gasteiger partial charge in [-0.3, -0.25) is 4.79 Å². The van der Waals surface area contributed by atoms with E-state index in [1.807, 2.05) is 4.90 Å². The summed E-state index contributed by atoms with van der Waals surface area (Å²) in [5.41, 5.74) is -0.0400. The van der Waals surface area contributed by atoms with Gasteiger partial charge in [0, 0.05) is 44.5 Å². The van der Waals surface area contributed by atoms with Crippen LogP contribution in [0.5, 0.6) is 5.88 Å². The Kier molecular flexibility index (Phi) is 4.32. The second-order valence-corrected chi connectivity index (χ2v) is 5.18. The molecule has 1 saturated heterocycles. The minimum Gasteiger partial charge on any atom is -0.481 e. The lowest BCUT2D eigenvalue weighted by molar-refractivity contribution is 0.0692. The van der Waals surface area contributed by atoms with Crippen molar-refractivity contribution in [3.05, 3.63) is 35.9 Å². The SMILES string of the molecule is COc1ccnc(N2CCN(C(=O)c3cc(C(=O)O)co3)CC2)n1. The number of furan rings is 1. The summed E-state index contributed by atoms with van der Waals surface area (Å²) in [6.07, 6.45) is 2.69. The number of carbonyl (C=O) groups is 2. The van der Waals surface area contributed by atoms with Crippen LogP contribution in [-0.4, -0.2) is 65.1 Å². The van der Waals surface area contributed by atoms with Gasteiger partial charge >= 0.3 is 5.97 Å². The summed E-state index contributed by atoms with van der Waals surface area (Å²) in [6.45, 7) is 2.04. The number of piperazine rings is 1. The Bertz CT molecular complexity index is 752. The first-order chi connectivity index (χ1) is 11.6. The van der Waals surface area contributed by atoms with Gasteiger partial charge in [-0.05, 0) is 0 Å². The number of nitrogens with zero attached hydrogens (tertiary/aromatic N) is 4. The van der Waals surface area contributed by atoms with E-state index >= 15 is 0 Å². The smallest absolute Gasteiger partial charge is 0.338 e. The number of carboxylic acids is 1. The summed E-state index contributed by atoms with van der Waals surface area (Å²) in [5, 5.41) is 8.88. The number of hydrogen-bond donors (Lipinski definition) is 1. The molecule has 2 aromatic heterocycles. The van der Waals surface area contributed by atoms with Crippen LogP contribution in [0.4, 0.5) is 5.95 Å². The normalized spacial score (nSPS) is 14.5. The van der Waals surface area contributed by atoms with Crippen LogP contribution in [0.2, 0.25) is 0 Å². The Labute approximate surface area is 137 Å². The molecule has 126 valence electrons. The molecule has 1 amide bonds. The maximum atomic E-state index is 12.3. The molecule has 1 aliphatic heterocycles. The summed E-state index contributed by atoms with van der Waals surface area (Å²) in [7, 11) is 1.54. The van der Waals surface area contributed by atoms with Gasteiger partial charge in [0.05, 0.1) is 12.7 Å². The molecule has 0 spiro atoms. The third-order valence-electron chi connectivity index (χ3n) is 3.73. The molecule has 0 unspecified atom stereocenters. The monoisotopic (exact) mass is 332 g/mol. The quantitative estimate of drug-likeness (QED) is 0.873. The number of aromatic nitrogens is 2. The van der Waals surface area contributed by atoms with Crippen molar-refractivity contribution in [1.82, 2.24) is 14.9 Å². The first-order valence-electron chi connectivity index (χ1n) is 7.31. The predicted octanol–water partition coefficient (Wildman–Crippen LogP) is 0.739. The average Bonchev–Trinajstić information content (AvgIpc) is 3.12. The summed E-state index contributed by atoms with van der Waals surface area (Å²) in [4.78, 5) is 35.2. The average molecular weight is 332 g/mol. The van der Waals surface area contributed by atoms with Crippen molar-refractivity contribution in [2.45, 2.75) is 0 Å². The first-order valence-corrected chi connectivity index (χ1v) is 7.31. The van der Waals surface area contributed by atoms with Crippen LogP contribution < -0.4 is 9.64 Å². The topological polar surface area (TPSA) is 109 Å². The molecule has 24 heavy (non-hydrogen) atoms. The largest absolute Gasteiger partial charge is 0.481 e. The van der Waals surface area contributed by atoms with Gasteiger partial charge in [-0.25, -0.2) is 9.78 Å². The number of ether oxygens (including phenoxy) is 1. The Balaban J connectivity index is 1.63. The molecule has 1 aliphatic rings. The van der Waals surface area contributed by atoms with Crippen molar-refractivity contribution < 1.29 is 23.8 Å². The standard InChI is InChI=1S/C15H16N4O5/c1-23-12-2-3-16-15(17-12)19-6-4-18(5-7-19)13(20)11-8-10(9-24-11)14(21)22/h2-3,8-9H,4-7H2,1H3,(H,21,22). The van der Waals surface area contributed by atoms with Crippen LogP contribution in [0.3, 0.4) is 0 Å². The summed E-state index contributed by atoms with van der Waals surface area (Å²) >= 11 is 0. The second-order valence-electron chi connectivity index (χ2n) is 5.18. The molecule has 0 atom stereocenters. The Morgan fingerprint density at radius 3 is 2.67 bits per heavy atom. The Hall–Kier alpha value is -3.10. The van der Waals surface area contributed by atoms with Gasteiger partial charge in [-0.1, -0.05) is 0 Å². The molecule has 1 fully saturated rings. The molecule has 0 aliphatic carbocycles. The Morgan fingerprint density at radius 1 is 1.29 bits per heavy atom. The lowest BCUT2D eigenvalue weighted by Gasteiger charge is -2.34. The fourth-order valence-electron chi connectivity index (χ4n) is 2.42. The Morgan fingerprint density at radius 2 is 2.04 bits per heavy atom. The minimum atomic E-state index is -1.13. The number of anilines is 1. The first kappa shape index (κ1) is 15.8. The highest BCUT2D eigenvalue weighted by atomic mass is 16.5. The molecule has 3 heterocycles. The van der Waals surface area contributed by atoms with E-state index in [1.54, 1.807) is 17.2 Å². The summed E-state index contributed by atoms with van der Waals surface area (Å²) < 4.78 is 10.1.